The first-order chi connectivity index (χ1) is 9.44. The fourth-order valence-electron chi connectivity index (χ4n) is 3.13. The van der Waals surface area contributed by atoms with Gasteiger partial charge >= 0.3 is 6.18 Å². The van der Waals surface area contributed by atoms with Crippen LogP contribution in [0.5, 0.6) is 0 Å². The number of benzene rings is 1. The molecule has 2 rings (SSSR count). The van der Waals surface area contributed by atoms with E-state index in [2.05, 4.69) is 17.4 Å². The topological polar surface area (TPSA) is 12.0 Å². The maximum atomic E-state index is 12.3. The van der Waals surface area contributed by atoms with Crippen molar-refractivity contribution in [1.29, 1.82) is 0 Å². The van der Waals surface area contributed by atoms with E-state index in [9.17, 15) is 13.2 Å². The lowest BCUT2D eigenvalue weighted by atomic mass is 9.81. The number of nitrogens with one attached hydrogen (secondary N) is 1. The Morgan fingerprint density at radius 3 is 2.25 bits per heavy atom. The normalized spacial score (nSPS) is 25.4. The molecule has 1 fully saturated rings. The lowest BCUT2D eigenvalue weighted by Crippen LogP contribution is -2.40. The molecule has 1 aromatic carbocycles. The van der Waals surface area contributed by atoms with E-state index in [-0.39, 0.29) is 6.04 Å². The number of hydrogen-bond acceptors (Lipinski definition) is 1. The number of rotatable bonds is 4. The molecule has 4 heteroatoms. The van der Waals surface area contributed by atoms with Crippen molar-refractivity contribution < 1.29 is 13.2 Å². The summed E-state index contributed by atoms with van der Waals surface area (Å²) in [6.07, 6.45) is -0.788. The highest BCUT2D eigenvalue weighted by Gasteiger charge is 2.31. The summed E-state index contributed by atoms with van der Waals surface area (Å²) < 4.78 is 36.9. The van der Waals surface area contributed by atoms with Crippen LogP contribution in [0, 0.1) is 0 Å². The van der Waals surface area contributed by atoms with E-state index >= 15 is 0 Å². The molecule has 1 unspecified atom stereocenters. The monoisotopic (exact) mass is 285 g/mol. The van der Waals surface area contributed by atoms with Crippen molar-refractivity contribution in [2.45, 2.75) is 63.2 Å². The van der Waals surface area contributed by atoms with Crippen molar-refractivity contribution in [2.24, 2.45) is 0 Å². The second-order valence-electron chi connectivity index (χ2n) is 5.85. The zero-order valence-electron chi connectivity index (χ0n) is 11.8. The van der Waals surface area contributed by atoms with Crippen molar-refractivity contribution in [3.63, 3.8) is 0 Å². The Hall–Kier alpha value is -1.03. The first-order valence-electron chi connectivity index (χ1n) is 7.32. The van der Waals surface area contributed by atoms with Gasteiger partial charge in [-0.3, -0.25) is 0 Å². The molecule has 0 aliphatic heterocycles. The Bertz CT molecular complexity index is 394. The quantitative estimate of drug-likeness (QED) is 0.849. The van der Waals surface area contributed by atoms with Crippen LogP contribution in [0.2, 0.25) is 0 Å². The zero-order chi connectivity index (χ0) is 14.6. The lowest BCUT2D eigenvalue weighted by Gasteiger charge is -2.31. The van der Waals surface area contributed by atoms with E-state index in [0.29, 0.717) is 5.92 Å². The third kappa shape index (κ3) is 4.82. The highest BCUT2D eigenvalue weighted by Crippen LogP contribution is 2.33. The molecule has 0 spiro atoms. The minimum absolute atomic E-state index is 0.229. The van der Waals surface area contributed by atoms with Crippen LogP contribution < -0.4 is 5.32 Å². The maximum Gasteiger partial charge on any atom is 0.390 e. The van der Waals surface area contributed by atoms with Gasteiger partial charge in [0.15, 0.2) is 0 Å². The predicted octanol–water partition coefficient (Wildman–Crippen LogP) is 4.64. The molecule has 112 valence electrons. The molecule has 0 radical (unpaired) electrons. The molecule has 1 N–H and O–H groups in total. The first-order valence-corrected chi connectivity index (χ1v) is 7.32. The van der Waals surface area contributed by atoms with Crippen molar-refractivity contribution in [2.75, 3.05) is 0 Å². The van der Waals surface area contributed by atoms with Crippen molar-refractivity contribution >= 4 is 0 Å². The third-order valence-corrected chi connectivity index (χ3v) is 4.06. The van der Waals surface area contributed by atoms with Crippen LogP contribution in [0.25, 0.3) is 0 Å². The summed E-state index contributed by atoms with van der Waals surface area (Å²) in [5.41, 5.74) is 1.36. The molecule has 0 bridgehead atoms. The SMILES string of the molecule is CC(CC(F)(F)F)NC1CCC(c2ccccc2)CC1. The van der Waals surface area contributed by atoms with Gasteiger partial charge in [0.05, 0.1) is 6.42 Å². The average molecular weight is 285 g/mol. The van der Waals surface area contributed by atoms with Gasteiger partial charge in [-0.1, -0.05) is 30.3 Å². The van der Waals surface area contributed by atoms with Gasteiger partial charge in [-0.25, -0.2) is 0 Å². The fourth-order valence-corrected chi connectivity index (χ4v) is 3.13. The largest absolute Gasteiger partial charge is 0.390 e. The van der Waals surface area contributed by atoms with Crippen LogP contribution in [0.15, 0.2) is 30.3 Å². The van der Waals surface area contributed by atoms with Gasteiger partial charge < -0.3 is 5.32 Å². The van der Waals surface area contributed by atoms with E-state index in [1.165, 1.54) is 5.56 Å². The molecular formula is C16H22F3N. The second-order valence-corrected chi connectivity index (χ2v) is 5.85. The molecule has 1 aliphatic rings. The molecule has 0 amide bonds. The molecular weight excluding hydrogens is 263 g/mol. The molecule has 0 aromatic heterocycles. The molecule has 1 saturated carbocycles. The van der Waals surface area contributed by atoms with E-state index in [1.807, 2.05) is 18.2 Å². The molecule has 1 nitrogen and oxygen atoms in total. The minimum atomic E-state index is -4.08. The van der Waals surface area contributed by atoms with Crippen molar-refractivity contribution in [1.82, 2.24) is 5.32 Å². The highest BCUT2D eigenvalue weighted by molar-refractivity contribution is 5.20. The van der Waals surface area contributed by atoms with Crippen LogP contribution >= 0.6 is 0 Å². The summed E-state index contributed by atoms with van der Waals surface area (Å²) in [5.74, 6) is 0.562. The summed E-state index contributed by atoms with van der Waals surface area (Å²) in [5, 5.41) is 3.13. The van der Waals surface area contributed by atoms with Gasteiger partial charge in [0.1, 0.15) is 0 Å². The summed E-state index contributed by atoms with van der Waals surface area (Å²) in [6, 6.07) is 10.1. The van der Waals surface area contributed by atoms with Crippen molar-refractivity contribution in [3.05, 3.63) is 35.9 Å². The predicted molar refractivity (Wildman–Crippen MR) is 74.7 cm³/mol. The molecule has 0 saturated heterocycles. The number of halogens is 3. The molecule has 20 heavy (non-hydrogen) atoms. The number of hydrogen-bond donors (Lipinski definition) is 1. The van der Waals surface area contributed by atoms with E-state index in [1.54, 1.807) is 6.92 Å². The first kappa shape index (κ1) is 15.4. The Balaban J connectivity index is 1.77. The standard InChI is InChI=1S/C16H22F3N/c1-12(11-16(17,18)19)20-15-9-7-14(8-10-15)13-5-3-2-4-6-13/h2-6,12,14-15,20H,7-11H2,1H3. The van der Waals surface area contributed by atoms with E-state index < -0.39 is 18.6 Å². The summed E-state index contributed by atoms with van der Waals surface area (Å²) >= 11 is 0. The van der Waals surface area contributed by atoms with E-state index in [4.69, 9.17) is 0 Å². The van der Waals surface area contributed by atoms with Gasteiger partial charge in [0.25, 0.3) is 0 Å². The molecule has 1 aromatic rings. The zero-order valence-corrected chi connectivity index (χ0v) is 11.8. The maximum absolute atomic E-state index is 12.3. The Labute approximate surface area is 118 Å². The average Bonchev–Trinajstić information content (AvgIpc) is 2.38. The van der Waals surface area contributed by atoms with E-state index in [0.717, 1.165) is 25.7 Å². The van der Waals surface area contributed by atoms with Crippen LogP contribution in [0.4, 0.5) is 13.2 Å². The fraction of sp³-hybridized carbons (Fsp3) is 0.625. The summed E-state index contributed by atoms with van der Waals surface area (Å²) in [6.45, 7) is 1.62. The van der Waals surface area contributed by atoms with Gasteiger partial charge in [-0.2, -0.15) is 13.2 Å². The van der Waals surface area contributed by atoms with Gasteiger partial charge in [0, 0.05) is 12.1 Å². The second kappa shape index (κ2) is 6.61. The molecule has 0 heterocycles. The van der Waals surface area contributed by atoms with Gasteiger partial charge in [-0.05, 0) is 44.1 Å². The lowest BCUT2D eigenvalue weighted by molar-refractivity contribution is -0.139. The minimum Gasteiger partial charge on any atom is -0.311 e. The Kier molecular flexibility index (Phi) is 5.08. The molecule has 1 aliphatic carbocycles. The summed E-state index contributed by atoms with van der Waals surface area (Å²) in [7, 11) is 0. The van der Waals surface area contributed by atoms with Crippen LogP contribution in [-0.2, 0) is 0 Å². The Morgan fingerprint density at radius 2 is 1.70 bits per heavy atom. The number of alkyl halides is 3. The van der Waals surface area contributed by atoms with Crippen LogP contribution in [0.3, 0.4) is 0 Å². The highest BCUT2D eigenvalue weighted by atomic mass is 19.4. The van der Waals surface area contributed by atoms with Gasteiger partial charge in [-0.15, -0.1) is 0 Å². The Morgan fingerprint density at radius 1 is 1.10 bits per heavy atom. The molecule has 1 atom stereocenters. The third-order valence-electron chi connectivity index (χ3n) is 4.06. The summed E-state index contributed by atoms with van der Waals surface area (Å²) in [4.78, 5) is 0. The van der Waals surface area contributed by atoms with Gasteiger partial charge in [0.2, 0.25) is 0 Å². The smallest absolute Gasteiger partial charge is 0.311 e. The van der Waals surface area contributed by atoms with Crippen LogP contribution in [0.1, 0.15) is 50.5 Å². The van der Waals surface area contributed by atoms with Crippen LogP contribution in [-0.4, -0.2) is 18.3 Å². The van der Waals surface area contributed by atoms with Crippen molar-refractivity contribution in [3.8, 4) is 0 Å².